The molecule has 1 aromatic heterocycles. The third kappa shape index (κ3) is 4.15. The molecule has 0 spiro atoms. The fraction of sp³-hybridized carbons (Fsp3) is 0.143. The predicted molar refractivity (Wildman–Crippen MR) is 102 cm³/mol. The first kappa shape index (κ1) is 19.0. The molecule has 3 rings (SSSR count). The lowest BCUT2D eigenvalue weighted by Crippen LogP contribution is -2.31. The Morgan fingerprint density at radius 1 is 1.04 bits per heavy atom. The number of amides is 1. The van der Waals surface area contributed by atoms with E-state index in [1.807, 2.05) is 0 Å². The number of ketones is 1. The van der Waals surface area contributed by atoms with Crippen LogP contribution in [0.1, 0.15) is 34.6 Å². The van der Waals surface area contributed by atoms with Gasteiger partial charge in [-0.05, 0) is 50.2 Å². The number of rotatable bonds is 5. The minimum atomic E-state index is -1.15. The Kier molecular flexibility index (Phi) is 5.35. The van der Waals surface area contributed by atoms with E-state index in [2.05, 4.69) is 5.32 Å². The number of nitrogens with one attached hydrogen (secondary N) is 1. The Bertz CT molecular complexity index is 1110. The van der Waals surface area contributed by atoms with Gasteiger partial charge >= 0.3 is 11.6 Å². The monoisotopic (exact) mass is 379 g/mol. The van der Waals surface area contributed by atoms with E-state index in [-0.39, 0.29) is 11.3 Å². The Hall–Kier alpha value is -3.74. The quantitative estimate of drug-likeness (QED) is 0.415. The first-order chi connectivity index (χ1) is 13.3. The highest BCUT2D eigenvalue weighted by Crippen LogP contribution is 2.14. The highest BCUT2D eigenvalue weighted by molar-refractivity contribution is 5.99. The van der Waals surface area contributed by atoms with Crippen molar-refractivity contribution in [1.82, 2.24) is 0 Å². The average molecular weight is 379 g/mol. The molecule has 0 aliphatic carbocycles. The van der Waals surface area contributed by atoms with Gasteiger partial charge in [-0.2, -0.15) is 0 Å². The van der Waals surface area contributed by atoms with Gasteiger partial charge in [0, 0.05) is 16.6 Å². The maximum absolute atomic E-state index is 12.3. The molecular formula is C21H17NO6. The van der Waals surface area contributed by atoms with Crippen LogP contribution in [0, 0.1) is 0 Å². The number of ether oxygens (including phenoxy) is 1. The smallest absolute Gasteiger partial charge is 0.351 e. The maximum Gasteiger partial charge on any atom is 0.351 e. The number of fused-ring (bicyclic) bond motifs is 1. The van der Waals surface area contributed by atoms with Crippen molar-refractivity contribution in [2.75, 3.05) is 5.32 Å². The molecule has 142 valence electrons. The first-order valence-electron chi connectivity index (χ1n) is 8.51. The second-order valence-corrected chi connectivity index (χ2v) is 6.16. The number of carbonyl (C=O) groups excluding carboxylic acids is 3. The summed E-state index contributed by atoms with van der Waals surface area (Å²) in [7, 11) is 0. The zero-order chi connectivity index (χ0) is 20.3. The fourth-order valence-electron chi connectivity index (χ4n) is 2.51. The molecular weight excluding hydrogens is 362 g/mol. The van der Waals surface area contributed by atoms with Crippen LogP contribution in [0.5, 0.6) is 0 Å². The zero-order valence-electron chi connectivity index (χ0n) is 15.2. The van der Waals surface area contributed by atoms with Crippen LogP contribution in [0.15, 0.2) is 63.8 Å². The number of esters is 1. The topological polar surface area (TPSA) is 103 Å². The Morgan fingerprint density at radius 2 is 1.71 bits per heavy atom. The van der Waals surface area contributed by atoms with Crippen molar-refractivity contribution >= 4 is 34.3 Å². The molecule has 28 heavy (non-hydrogen) atoms. The van der Waals surface area contributed by atoms with E-state index in [1.54, 1.807) is 48.5 Å². The van der Waals surface area contributed by atoms with E-state index in [1.165, 1.54) is 19.9 Å². The molecule has 1 atom stereocenters. The summed E-state index contributed by atoms with van der Waals surface area (Å²) in [5.41, 5.74) is 0.188. The number of anilines is 1. The SMILES string of the molecule is CC(=O)c1ccc(NC(=O)[C@H](C)OC(=O)c2cc3ccccc3oc2=O)cc1. The Balaban J connectivity index is 1.69. The van der Waals surface area contributed by atoms with Gasteiger partial charge in [-0.3, -0.25) is 9.59 Å². The molecule has 2 aromatic carbocycles. The van der Waals surface area contributed by atoms with Crippen molar-refractivity contribution in [3.8, 4) is 0 Å². The molecule has 3 aromatic rings. The Morgan fingerprint density at radius 3 is 2.39 bits per heavy atom. The Labute approximate surface area is 159 Å². The van der Waals surface area contributed by atoms with E-state index >= 15 is 0 Å². The summed E-state index contributed by atoms with van der Waals surface area (Å²) in [6.07, 6.45) is -1.15. The third-order valence-electron chi connectivity index (χ3n) is 4.07. The summed E-state index contributed by atoms with van der Waals surface area (Å²) >= 11 is 0. The number of para-hydroxylation sites is 1. The summed E-state index contributed by atoms with van der Waals surface area (Å²) in [6.45, 7) is 2.83. The van der Waals surface area contributed by atoms with Crippen molar-refractivity contribution in [3.05, 3.63) is 76.1 Å². The third-order valence-corrected chi connectivity index (χ3v) is 4.07. The lowest BCUT2D eigenvalue weighted by atomic mass is 10.1. The molecule has 7 heteroatoms. The molecule has 0 radical (unpaired) electrons. The summed E-state index contributed by atoms with van der Waals surface area (Å²) < 4.78 is 10.2. The molecule has 7 nitrogen and oxygen atoms in total. The molecule has 1 N–H and O–H groups in total. The van der Waals surface area contributed by atoms with Crippen LogP contribution in [0.3, 0.4) is 0 Å². The molecule has 1 heterocycles. The lowest BCUT2D eigenvalue weighted by molar-refractivity contribution is -0.123. The molecule has 0 unspecified atom stereocenters. The first-order valence-corrected chi connectivity index (χ1v) is 8.51. The molecule has 1 amide bonds. The summed E-state index contributed by atoms with van der Waals surface area (Å²) in [5.74, 6) is -1.61. The van der Waals surface area contributed by atoms with E-state index in [4.69, 9.17) is 9.15 Å². The number of benzene rings is 2. The minimum Gasteiger partial charge on any atom is -0.449 e. The number of hydrogen-bond donors (Lipinski definition) is 1. The minimum absolute atomic E-state index is 0.0885. The van der Waals surface area contributed by atoms with Crippen LogP contribution in [-0.2, 0) is 9.53 Å². The van der Waals surface area contributed by atoms with Gasteiger partial charge in [0.1, 0.15) is 11.1 Å². The normalized spacial score (nSPS) is 11.6. The van der Waals surface area contributed by atoms with E-state index < -0.39 is 23.6 Å². The number of Topliss-reactive ketones (excluding diaryl/α,β-unsaturated/α-hetero) is 1. The van der Waals surface area contributed by atoms with E-state index in [9.17, 15) is 19.2 Å². The van der Waals surface area contributed by atoms with Crippen LogP contribution in [0.4, 0.5) is 5.69 Å². The van der Waals surface area contributed by atoms with Crippen molar-refractivity contribution in [1.29, 1.82) is 0 Å². The van der Waals surface area contributed by atoms with E-state index in [0.29, 0.717) is 22.2 Å². The van der Waals surface area contributed by atoms with Crippen molar-refractivity contribution in [3.63, 3.8) is 0 Å². The lowest BCUT2D eigenvalue weighted by Gasteiger charge is -2.13. The van der Waals surface area contributed by atoms with Gasteiger partial charge in [-0.1, -0.05) is 18.2 Å². The van der Waals surface area contributed by atoms with Crippen LogP contribution in [0.2, 0.25) is 0 Å². The second-order valence-electron chi connectivity index (χ2n) is 6.16. The van der Waals surface area contributed by atoms with Gasteiger partial charge in [0.25, 0.3) is 5.91 Å². The van der Waals surface area contributed by atoms with Gasteiger partial charge in [0.2, 0.25) is 0 Å². The van der Waals surface area contributed by atoms with Crippen molar-refractivity contribution < 1.29 is 23.5 Å². The van der Waals surface area contributed by atoms with Gasteiger partial charge in [-0.25, -0.2) is 9.59 Å². The zero-order valence-corrected chi connectivity index (χ0v) is 15.2. The fourth-order valence-corrected chi connectivity index (χ4v) is 2.51. The highest BCUT2D eigenvalue weighted by Gasteiger charge is 2.22. The summed E-state index contributed by atoms with van der Waals surface area (Å²) in [6, 6.07) is 14.4. The molecule has 0 aliphatic rings. The molecule has 0 bridgehead atoms. The van der Waals surface area contributed by atoms with Crippen molar-refractivity contribution in [2.24, 2.45) is 0 Å². The van der Waals surface area contributed by atoms with Gasteiger partial charge in [0.05, 0.1) is 0 Å². The highest BCUT2D eigenvalue weighted by atomic mass is 16.5. The van der Waals surface area contributed by atoms with Gasteiger partial charge in [0.15, 0.2) is 11.9 Å². The molecule has 0 saturated carbocycles. The molecule has 0 saturated heterocycles. The van der Waals surface area contributed by atoms with Crippen LogP contribution < -0.4 is 10.9 Å². The number of carbonyl (C=O) groups is 3. The van der Waals surface area contributed by atoms with Crippen LogP contribution >= 0.6 is 0 Å². The van der Waals surface area contributed by atoms with Crippen LogP contribution in [-0.4, -0.2) is 23.8 Å². The van der Waals surface area contributed by atoms with Gasteiger partial charge < -0.3 is 14.5 Å². The summed E-state index contributed by atoms with van der Waals surface area (Å²) in [4.78, 5) is 47.8. The van der Waals surface area contributed by atoms with E-state index in [0.717, 1.165) is 0 Å². The molecule has 0 aliphatic heterocycles. The maximum atomic E-state index is 12.3. The predicted octanol–water partition coefficient (Wildman–Crippen LogP) is 3.18. The summed E-state index contributed by atoms with van der Waals surface area (Å²) in [5, 5.41) is 3.15. The largest absolute Gasteiger partial charge is 0.449 e. The standard InChI is InChI=1S/C21H17NO6/c1-12(23)14-7-9-16(10-8-14)22-19(24)13(2)27-20(25)17-11-15-5-3-4-6-18(15)28-21(17)26/h3-11,13H,1-2H3,(H,22,24)/t13-/m0/s1. The molecule has 0 fully saturated rings. The number of hydrogen-bond acceptors (Lipinski definition) is 6. The average Bonchev–Trinajstić information content (AvgIpc) is 2.67. The van der Waals surface area contributed by atoms with Crippen molar-refractivity contribution in [2.45, 2.75) is 20.0 Å². The van der Waals surface area contributed by atoms with Gasteiger partial charge in [-0.15, -0.1) is 0 Å². The van der Waals surface area contributed by atoms with Crippen LogP contribution in [0.25, 0.3) is 11.0 Å². The second kappa shape index (κ2) is 7.87.